The Morgan fingerprint density at radius 2 is 1.00 bits per heavy atom. The average molecular weight is 959 g/mol. The van der Waals surface area contributed by atoms with Crippen molar-refractivity contribution < 1.29 is 44.8 Å². The van der Waals surface area contributed by atoms with E-state index in [1.54, 1.807) is 57.1 Å². The Morgan fingerprint density at radius 3 is 1.37 bits per heavy atom. The summed E-state index contributed by atoms with van der Waals surface area (Å²) in [5, 5.41) is 41.1. The molecule has 0 unspecified atom stereocenters. The van der Waals surface area contributed by atoms with Crippen molar-refractivity contribution in [3.8, 4) is 0 Å². The minimum atomic E-state index is -2.13. The van der Waals surface area contributed by atoms with Crippen LogP contribution in [0.25, 0.3) is 17.3 Å². The van der Waals surface area contributed by atoms with Crippen LogP contribution in [0.3, 0.4) is 0 Å². The van der Waals surface area contributed by atoms with Gasteiger partial charge in [0.2, 0.25) is 17.3 Å². The maximum atomic E-state index is 12.0. The second-order valence-electron chi connectivity index (χ2n) is 18.1. The van der Waals surface area contributed by atoms with Crippen molar-refractivity contribution in [1.29, 1.82) is 0 Å². The zero-order valence-corrected chi connectivity index (χ0v) is 39.7. The number of imidazole rings is 3. The van der Waals surface area contributed by atoms with Crippen molar-refractivity contribution in [3.05, 3.63) is 105 Å². The molecule has 12 atom stereocenters. The Bertz CT molecular complexity index is 2640. The number of aliphatic hydroxyl groups is 4. The molecule has 22 heteroatoms. The van der Waals surface area contributed by atoms with Crippen molar-refractivity contribution in [2.45, 2.75) is 161 Å². The van der Waals surface area contributed by atoms with Gasteiger partial charge in [0.15, 0.2) is 27.0 Å². The molecule has 0 bridgehead atoms. The highest BCUT2D eigenvalue weighted by atomic mass is 28.4. The molecule has 6 aromatic heterocycles. The van der Waals surface area contributed by atoms with Gasteiger partial charge in [0.1, 0.15) is 30.5 Å². The van der Waals surface area contributed by atoms with Gasteiger partial charge < -0.3 is 39.1 Å². The second kappa shape index (κ2) is 21.6. The summed E-state index contributed by atoms with van der Waals surface area (Å²) in [4.78, 5) is 47.9. The Hall–Kier alpha value is -4.91. The fraction of sp³-hybridized carbons (Fsp3) is 0.600. The van der Waals surface area contributed by atoms with Crippen LogP contribution < -0.4 is 16.7 Å². The lowest BCUT2D eigenvalue weighted by Crippen LogP contribution is -2.48. The molecule has 9 rings (SSSR count). The number of rotatable bonds is 8. The van der Waals surface area contributed by atoms with E-state index < -0.39 is 70.8 Å². The van der Waals surface area contributed by atoms with Crippen molar-refractivity contribution in [1.82, 2.24) is 41.9 Å². The van der Waals surface area contributed by atoms with Gasteiger partial charge in [-0.05, 0) is 37.4 Å². The van der Waals surface area contributed by atoms with Gasteiger partial charge in [-0.1, -0.05) is 55.9 Å². The van der Waals surface area contributed by atoms with Gasteiger partial charge in [-0.2, -0.15) is 0 Å². The van der Waals surface area contributed by atoms with E-state index in [2.05, 4.69) is 48.8 Å². The Morgan fingerprint density at radius 1 is 0.642 bits per heavy atom. The Labute approximate surface area is 390 Å². The molecule has 0 radical (unpaired) electrons. The van der Waals surface area contributed by atoms with Crippen LogP contribution in [0, 0.1) is 5.92 Å². The summed E-state index contributed by atoms with van der Waals surface area (Å²) < 4.78 is 49.1. The van der Waals surface area contributed by atoms with Crippen LogP contribution in [0.1, 0.15) is 95.2 Å². The molecule has 9 heterocycles. The minimum absolute atomic E-state index is 0. The molecule has 67 heavy (non-hydrogen) atoms. The molecule has 6 aromatic rings. The smallest absolute Gasteiger partial charge is 0.258 e. The van der Waals surface area contributed by atoms with Crippen LogP contribution in [0.2, 0.25) is 18.1 Å². The van der Waals surface area contributed by atoms with Gasteiger partial charge in [0, 0.05) is 79.9 Å². The lowest BCUT2D eigenvalue weighted by Gasteiger charge is -2.40. The third-order valence-corrected chi connectivity index (χ3v) is 17.5. The molecule has 0 spiro atoms. The van der Waals surface area contributed by atoms with E-state index in [-0.39, 0.29) is 47.3 Å². The fourth-order valence-electron chi connectivity index (χ4n) is 8.23. The molecule has 0 aliphatic carbocycles. The number of aliphatic hydroxyl groups excluding tert-OH is 4. The highest BCUT2D eigenvalue weighted by Gasteiger charge is 2.50. The predicted molar refractivity (Wildman–Crippen MR) is 250 cm³/mol. The molecular weight excluding hydrogens is 890 g/mol. The molecular formula is C45H68FN9O11Si. The van der Waals surface area contributed by atoms with Crippen molar-refractivity contribution in [3.63, 3.8) is 0 Å². The number of hydrogen-bond donors (Lipinski definition) is 4. The van der Waals surface area contributed by atoms with E-state index in [4.69, 9.17) is 20.0 Å². The van der Waals surface area contributed by atoms with Crippen molar-refractivity contribution >= 4 is 25.7 Å². The lowest BCUT2D eigenvalue weighted by atomic mass is 9.99. The maximum Gasteiger partial charge on any atom is 0.258 e. The first kappa shape index (κ1) is 51.5. The largest absolute Gasteiger partial charge is 0.407 e. The van der Waals surface area contributed by atoms with Gasteiger partial charge >= 0.3 is 0 Å². The van der Waals surface area contributed by atoms with Gasteiger partial charge in [-0.3, -0.25) is 45.7 Å². The number of alkyl halides is 1. The molecule has 20 nitrogen and oxygen atoms in total. The molecule has 3 fully saturated rings. The summed E-state index contributed by atoms with van der Waals surface area (Å²) in [6.07, 6.45) is 10.0. The average Bonchev–Trinajstić information content (AvgIpc) is 4.17. The number of hydrogen-bond acceptors (Lipinski definition) is 14. The van der Waals surface area contributed by atoms with E-state index in [1.165, 1.54) is 43.8 Å². The molecule has 3 aliphatic rings. The van der Waals surface area contributed by atoms with Gasteiger partial charge in [0.25, 0.3) is 16.7 Å². The van der Waals surface area contributed by atoms with Gasteiger partial charge in [-0.25, -0.2) is 15.0 Å². The summed E-state index contributed by atoms with van der Waals surface area (Å²) in [7, 11) is -3.13. The van der Waals surface area contributed by atoms with Gasteiger partial charge in [-0.15, -0.1) is 0 Å². The highest BCUT2D eigenvalue weighted by Crippen LogP contribution is 2.42. The van der Waals surface area contributed by atoms with E-state index in [0.717, 1.165) is 6.42 Å². The van der Waals surface area contributed by atoms with E-state index >= 15 is 0 Å². The van der Waals surface area contributed by atoms with Crippen LogP contribution in [-0.2, 0) is 18.6 Å². The van der Waals surface area contributed by atoms with Crippen LogP contribution in [0.15, 0.2) is 88.4 Å². The Balaban J connectivity index is 0.000000187. The lowest BCUT2D eigenvalue weighted by molar-refractivity contribution is -0.0362. The van der Waals surface area contributed by atoms with E-state index in [1.807, 2.05) is 27.7 Å². The Kier molecular flexibility index (Phi) is 16.6. The SMILES string of the molecule is C.CC[C@H]1O[C@@H](n2ccc(=O)n3ccnc23)[C@H](O)[C@@H]1C.CC[C@H]1O[C@@H](n2ccc(=O)n3ccnc23)[C@H](O)[C@@H]1O.CC[C@H]1O[C@@H](n2ccc(=O)n3ccnc23)[C@H](O[Si](C)(C)C(C)(C)C)[C@@H]1O.[2H]CF. The number of aromatic nitrogens is 9. The third kappa shape index (κ3) is 10.3. The highest BCUT2D eigenvalue weighted by molar-refractivity contribution is 6.74. The molecule has 370 valence electrons. The van der Waals surface area contributed by atoms with Crippen LogP contribution in [-0.4, -0.2) is 127 Å². The quantitative estimate of drug-likeness (QED) is 0.157. The summed E-state index contributed by atoms with van der Waals surface area (Å²) >= 11 is 0. The number of ether oxygens (including phenoxy) is 3. The van der Waals surface area contributed by atoms with Crippen LogP contribution in [0.4, 0.5) is 4.39 Å². The number of halogens is 1. The maximum absolute atomic E-state index is 12.0. The summed E-state index contributed by atoms with van der Waals surface area (Å²) in [5.74, 6) is 1.40. The molecule has 0 aromatic carbocycles. The first-order chi connectivity index (χ1) is 31.7. The third-order valence-electron chi connectivity index (χ3n) is 13.0. The van der Waals surface area contributed by atoms with Crippen molar-refractivity contribution in [2.75, 3.05) is 7.15 Å². The minimum Gasteiger partial charge on any atom is -0.407 e. The topological polar surface area (TPSA) is 236 Å². The fourth-order valence-corrected chi connectivity index (χ4v) is 9.52. The zero-order valence-electron chi connectivity index (χ0n) is 39.7. The summed E-state index contributed by atoms with van der Waals surface area (Å²) in [6.45, 7) is 18.7. The van der Waals surface area contributed by atoms with E-state index in [0.29, 0.717) is 30.2 Å². The molecule has 3 saturated heterocycles. The standard InChI is InChI=1S/C18H29N3O4Si.C13H17N3O3.C12H15N3O4.CH3F.CH4/c1-7-12-14(23)15(25-26(5,6)18(2,3)4)16(24-12)21-10-8-13(22)20-11-9-19-17(20)21;1-3-9-8(2)11(18)12(19-9)16-6-4-10(17)15-7-5-14-13(15)16;1-2-7-9(17)10(18)11(19-7)15-5-3-8(16)14-6-4-13-12(14)15;1-2;/h8-12,14-16,23H,7H2,1-6H3;4-9,11-12,18H,3H2,1-2H3;3-7,9-11,17-18H,2H2,1H3;1H3;1H4/t12-,14-,15-,16-;8-,9-,11-,12-;7-,9-,10-,11-;;/m111../s1/i;;;1D;. The monoisotopic (exact) mass is 958 g/mol. The normalized spacial score (nSPS) is 28.5. The van der Waals surface area contributed by atoms with Crippen molar-refractivity contribution in [2.24, 2.45) is 5.92 Å². The number of nitrogens with zero attached hydrogens (tertiary/aromatic N) is 9. The molecule has 0 saturated carbocycles. The van der Waals surface area contributed by atoms with Gasteiger partial charge in [0.05, 0.1) is 26.8 Å². The van der Waals surface area contributed by atoms with Crippen LogP contribution in [0.5, 0.6) is 0 Å². The summed E-state index contributed by atoms with van der Waals surface area (Å²) in [5.41, 5.74) is -0.499. The van der Waals surface area contributed by atoms with Crippen LogP contribution >= 0.6 is 0 Å². The predicted octanol–water partition coefficient (Wildman–Crippen LogP) is 4.10. The summed E-state index contributed by atoms with van der Waals surface area (Å²) in [6, 6.07) is 4.30. The second-order valence-corrected chi connectivity index (χ2v) is 22.8. The van der Waals surface area contributed by atoms with E-state index in [9.17, 15) is 39.2 Å². The molecule has 4 N–H and O–H groups in total. The molecule has 3 aliphatic heterocycles. The zero-order chi connectivity index (χ0) is 49.1. The first-order valence-electron chi connectivity index (χ1n) is 22.8. The molecule has 0 amide bonds. The first-order valence-corrected chi connectivity index (χ1v) is 25.0. The number of fused-ring (bicyclic) bond motifs is 3.